The second-order valence-electron chi connectivity index (χ2n) is 7.56. The fourth-order valence-corrected chi connectivity index (χ4v) is 4.95. The van der Waals surface area contributed by atoms with E-state index in [0.29, 0.717) is 40.4 Å². The first-order valence-corrected chi connectivity index (χ1v) is 12.2. The Kier molecular flexibility index (Phi) is 7.83. The summed E-state index contributed by atoms with van der Waals surface area (Å²) in [5.74, 6) is 1.20. The van der Waals surface area contributed by atoms with Crippen molar-refractivity contribution in [2.75, 3.05) is 11.5 Å². The minimum Gasteiger partial charge on any atom is -0.490 e. The highest BCUT2D eigenvalue weighted by molar-refractivity contribution is 8.27. The summed E-state index contributed by atoms with van der Waals surface area (Å²) in [6.07, 6.45) is 4.30. The molecule has 1 fully saturated rings. The van der Waals surface area contributed by atoms with Crippen molar-refractivity contribution in [3.8, 4) is 11.5 Å². The van der Waals surface area contributed by atoms with Gasteiger partial charge in [-0.15, -0.1) is 6.58 Å². The summed E-state index contributed by atoms with van der Waals surface area (Å²) in [4.78, 5) is 15.3. The average molecular weight is 488 g/mol. The number of amides is 1. The maximum atomic E-state index is 13.1. The van der Waals surface area contributed by atoms with Crippen molar-refractivity contribution in [3.05, 3.63) is 107 Å². The summed E-state index contributed by atoms with van der Waals surface area (Å²) < 4.78 is 12.7. The molecule has 1 amide bonds. The lowest BCUT2D eigenvalue weighted by molar-refractivity contribution is -0.113. The number of hydrogen-bond acceptors (Lipinski definition) is 5. The lowest BCUT2D eigenvalue weighted by Gasteiger charge is -2.17. The summed E-state index contributed by atoms with van der Waals surface area (Å²) in [5, 5.41) is 0. The van der Waals surface area contributed by atoms with Gasteiger partial charge >= 0.3 is 0 Å². The Morgan fingerprint density at radius 2 is 1.74 bits per heavy atom. The quantitative estimate of drug-likeness (QED) is 0.189. The van der Waals surface area contributed by atoms with Crippen LogP contribution in [-0.4, -0.2) is 16.8 Å². The van der Waals surface area contributed by atoms with Crippen LogP contribution >= 0.6 is 24.0 Å². The number of benzene rings is 3. The van der Waals surface area contributed by atoms with Gasteiger partial charge in [-0.2, -0.15) is 0 Å². The van der Waals surface area contributed by atoms with E-state index >= 15 is 0 Å². The molecule has 1 aliphatic heterocycles. The van der Waals surface area contributed by atoms with E-state index in [0.717, 1.165) is 22.4 Å². The van der Waals surface area contributed by atoms with Crippen molar-refractivity contribution >= 4 is 46.0 Å². The maximum Gasteiger partial charge on any atom is 0.270 e. The summed E-state index contributed by atoms with van der Waals surface area (Å²) in [6.45, 7) is 6.76. The normalized spacial score (nSPS) is 14.5. The van der Waals surface area contributed by atoms with Crippen molar-refractivity contribution in [1.29, 1.82) is 0 Å². The van der Waals surface area contributed by atoms with Gasteiger partial charge in [-0.25, -0.2) is 0 Å². The van der Waals surface area contributed by atoms with E-state index in [1.165, 1.54) is 11.8 Å². The van der Waals surface area contributed by atoms with Gasteiger partial charge in [0.05, 0.1) is 17.2 Å². The Morgan fingerprint density at radius 1 is 1.03 bits per heavy atom. The smallest absolute Gasteiger partial charge is 0.270 e. The van der Waals surface area contributed by atoms with Crippen molar-refractivity contribution in [2.24, 2.45) is 0 Å². The SMILES string of the molecule is C=CCc1cc(/C=C2/SC(=S)N(c3ccccc3)C2=O)cc(OCC)c1OCc1ccccc1. The number of anilines is 1. The predicted octanol–water partition coefficient (Wildman–Crippen LogP) is 6.80. The molecule has 0 bridgehead atoms. The molecule has 4 nitrogen and oxygen atoms in total. The van der Waals surface area contributed by atoms with E-state index in [9.17, 15) is 4.79 Å². The van der Waals surface area contributed by atoms with E-state index in [4.69, 9.17) is 21.7 Å². The van der Waals surface area contributed by atoms with E-state index in [1.807, 2.05) is 91.9 Å². The Labute approximate surface area is 209 Å². The van der Waals surface area contributed by atoms with Gasteiger partial charge in [0.25, 0.3) is 5.91 Å². The molecule has 0 unspecified atom stereocenters. The Morgan fingerprint density at radius 3 is 2.41 bits per heavy atom. The third-order valence-electron chi connectivity index (χ3n) is 5.15. The molecule has 34 heavy (non-hydrogen) atoms. The van der Waals surface area contributed by atoms with Crippen molar-refractivity contribution in [1.82, 2.24) is 0 Å². The highest BCUT2D eigenvalue weighted by atomic mass is 32.2. The van der Waals surface area contributed by atoms with Crippen LogP contribution in [0.1, 0.15) is 23.6 Å². The summed E-state index contributed by atoms with van der Waals surface area (Å²) in [7, 11) is 0. The first-order chi connectivity index (χ1) is 16.6. The zero-order valence-electron chi connectivity index (χ0n) is 18.9. The number of rotatable bonds is 9. The fourth-order valence-electron chi connectivity index (χ4n) is 3.65. The zero-order chi connectivity index (χ0) is 23.9. The number of para-hydroxylation sites is 1. The molecule has 1 aliphatic rings. The lowest BCUT2D eigenvalue weighted by atomic mass is 10.0. The first-order valence-electron chi connectivity index (χ1n) is 11.0. The van der Waals surface area contributed by atoms with Gasteiger partial charge in [0.15, 0.2) is 15.8 Å². The number of ether oxygens (including phenoxy) is 2. The molecule has 3 aromatic carbocycles. The molecule has 0 spiro atoms. The van der Waals surface area contributed by atoms with E-state index in [-0.39, 0.29) is 5.91 Å². The van der Waals surface area contributed by atoms with Gasteiger partial charge in [-0.05, 0) is 54.8 Å². The second-order valence-corrected chi connectivity index (χ2v) is 9.24. The molecular weight excluding hydrogens is 462 g/mol. The van der Waals surface area contributed by atoms with Crippen LogP contribution in [0.3, 0.4) is 0 Å². The molecule has 0 aliphatic carbocycles. The molecule has 0 atom stereocenters. The Balaban J connectivity index is 1.66. The van der Waals surface area contributed by atoms with E-state index < -0.39 is 0 Å². The number of carbonyl (C=O) groups is 1. The third-order valence-corrected chi connectivity index (χ3v) is 6.45. The Bertz CT molecular complexity index is 1220. The molecule has 0 aromatic heterocycles. The third kappa shape index (κ3) is 5.41. The number of carbonyl (C=O) groups excluding carboxylic acids is 1. The van der Waals surface area contributed by atoms with E-state index in [2.05, 4.69) is 6.58 Å². The summed E-state index contributed by atoms with van der Waals surface area (Å²) >= 11 is 6.80. The van der Waals surface area contributed by atoms with Gasteiger partial charge < -0.3 is 9.47 Å². The van der Waals surface area contributed by atoms with Crippen LogP contribution in [0.5, 0.6) is 11.5 Å². The number of hydrogen-bond donors (Lipinski definition) is 0. The number of allylic oxidation sites excluding steroid dienone is 1. The number of thioether (sulfide) groups is 1. The largest absolute Gasteiger partial charge is 0.490 e. The van der Waals surface area contributed by atoms with E-state index in [1.54, 1.807) is 4.90 Å². The molecule has 3 aromatic rings. The average Bonchev–Trinajstić information content (AvgIpc) is 3.12. The van der Waals surface area contributed by atoms with Crippen LogP contribution in [0.2, 0.25) is 0 Å². The minimum atomic E-state index is -0.131. The lowest BCUT2D eigenvalue weighted by Crippen LogP contribution is -2.27. The van der Waals surface area contributed by atoms with Gasteiger partial charge in [0, 0.05) is 5.56 Å². The Hall–Kier alpha value is -3.35. The van der Waals surface area contributed by atoms with Gasteiger partial charge in [0.1, 0.15) is 6.61 Å². The summed E-state index contributed by atoms with van der Waals surface area (Å²) in [5.41, 5.74) is 3.63. The van der Waals surface area contributed by atoms with Crippen LogP contribution in [-0.2, 0) is 17.8 Å². The van der Waals surface area contributed by atoms with Crippen molar-refractivity contribution in [2.45, 2.75) is 20.0 Å². The molecule has 1 saturated heterocycles. The fraction of sp³-hybridized carbons (Fsp3) is 0.143. The van der Waals surface area contributed by atoms with Crippen molar-refractivity contribution in [3.63, 3.8) is 0 Å². The first kappa shape index (κ1) is 23.8. The maximum absolute atomic E-state index is 13.1. The van der Waals surface area contributed by atoms with Crippen LogP contribution in [0, 0.1) is 0 Å². The van der Waals surface area contributed by atoms with Crippen LogP contribution in [0.15, 0.2) is 90.4 Å². The van der Waals surface area contributed by atoms with Gasteiger partial charge in [-0.1, -0.05) is 78.6 Å². The van der Waals surface area contributed by atoms with Gasteiger partial charge in [-0.3, -0.25) is 9.69 Å². The number of nitrogens with zero attached hydrogens (tertiary/aromatic N) is 1. The highest BCUT2D eigenvalue weighted by Crippen LogP contribution is 2.39. The standard InChI is InChI=1S/C28H25NO3S2/c1-3-11-22-16-21(17-24(31-4-2)26(22)32-19-20-12-7-5-8-13-20)18-25-27(30)29(28(33)34-25)23-14-9-6-10-15-23/h3,5-10,12-18H,1,4,11,19H2,2H3/b25-18+. The molecular formula is C28H25NO3S2. The van der Waals surface area contributed by atoms with Crippen LogP contribution in [0.4, 0.5) is 5.69 Å². The summed E-state index contributed by atoms with van der Waals surface area (Å²) in [6, 6.07) is 23.4. The number of thiocarbonyl (C=S) groups is 1. The molecule has 0 saturated carbocycles. The molecule has 0 N–H and O–H groups in total. The van der Waals surface area contributed by atoms with Crippen LogP contribution < -0.4 is 14.4 Å². The molecule has 172 valence electrons. The zero-order valence-corrected chi connectivity index (χ0v) is 20.5. The predicted molar refractivity (Wildman–Crippen MR) is 144 cm³/mol. The monoisotopic (exact) mass is 487 g/mol. The van der Waals surface area contributed by atoms with Crippen molar-refractivity contribution < 1.29 is 14.3 Å². The molecule has 0 radical (unpaired) electrons. The van der Waals surface area contributed by atoms with Gasteiger partial charge in [0.2, 0.25) is 0 Å². The molecule has 1 heterocycles. The van der Waals surface area contributed by atoms with Crippen LogP contribution in [0.25, 0.3) is 6.08 Å². The minimum absolute atomic E-state index is 0.131. The highest BCUT2D eigenvalue weighted by Gasteiger charge is 2.33. The topological polar surface area (TPSA) is 38.8 Å². The second kappa shape index (κ2) is 11.2. The molecule has 6 heteroatoms. The molecule has 4 rings (SSSR count).